The molecule has 0 fully saturated rings. The maximum absolute atomic E-state index is 6.84. The number of para-hydroxylation sites is 3. The molecule has 1 N–H and O–H groups in total. The summed E-state index contributed by atoms with van der Waals surface area (Å²) in [7, 11) is 0. The normalized spacial score (nSPS) is 15.3. The maximum Gasteiger partial charge on any atom is 0.159 e. The number of hydrogen-bond acceptors (Lipinski definition) is 5. The largest absolute Gasteiger partial charge is 0.455 e. The van der Waals surface area contributed by atoms with Crippen molar-refractivity contribution in [1.29, 1.82) is 0 Å². The molecule has 2 aliphatic rings. The molecular formula is C51H34N4O2. The van der Waals surface area contributed by atoms with Gasteiger partial charge in [-0.05, 0) is 66.4 Å². The molecule has 6 nitrogen and oxygen atoms in total. The number of aliphatic imine (C=N–C) groups is 2. The lowest BCUT2D eigenvalue weighted by atomic mass is 9.99. The molecule has 0 saturated heterocycles. The van der Waals surface area contributed by atoms with Gasteiger partial charge in [-0.3, -0.25) is 0 Å². The van der Waals surface area contributed by atoms with Crippen LogP contribution in [0.2, 0.25) is 0 Å². The zero-order valence-corrected chi connectivity index (χ0v) is 30.8. The lowest BCUT2D eigenvalue weighted by molar-refractivity contribution is 0.664. The van der Waals surface area contributed by atoms with Gasteiger partial charge in [0.25, 0.3) is 0 Å². The minimum Gasteiger partial charge on any atom is -0.455 e. The second-order valence-electron chi connectivity index (χ2n) is 14.9. The zero-order valence-electron chi connectivity index (χ0n) is 30.8. The SMILES string of the molecule is C1=Cc2c(c3ccccc3n2-c2ccc3c(c2)oc2c(-c4cccc5c4oc4ccc(C6=NC(c7ccccc7)=NC(c7ccccc7)N6)cc45)cccc23)CC1. The predicted molar refractivity (Wildman–Crippen MR) is 232 cm³/mol. The first-order valence-corrected chi connectivity index (χ1v) is 19.5. The van der Waals surface area contributed by atoms with Crippen LogP contribution < -0.4 is 5.32 Å². The van der Waals surface area contributed by atoms with Crippen LogP contribution in [-0.4, -0.2) is 16.2 Å². The van der Waals surface area contributed by atoms with Gasteiger partial charge in [0.2, 0.25) is 0 Å². The van der Waals surface area contributed by atoms with Crippen LogP contribution in [0.5, 0.6) is 0 Å². The van der Waals surface area contributed by atoms with E-state index >= 15 is 0 Å². The van der Waals surface area contributed by atoms with Crippen molar-refractivity contribution in [3.05, 3.63) is 192 Å². The summed E-state index contributed by atoms with van der Waals surface area (Å²) >= 11 is 0. The van der Waals surface area contributed by atoms with Crippen LogP contribution >= 0.6 is 0 Å². The van der Waals surface area contributed by atoms with Crippen molar-refractivity contribution in [2.75, 3.05) is 0 Å². The summed E-state index contributed by atoms with van der Waals surface area (Å²) < 4.78 is 15.9. The Labute approximate surface area is 327 Å². The number of hydrogen-bond donors (Lipinski definition) is 1. The number of rotatable bonds is 5. The summed E-state index contributed by atoms with van der Waals surface area (Å²) in [5.41, 5.74) is 13.3. The minimum atomic E-state index is -0.275. The molecule has 0 spiro atoms. The monoisotopic (exact) mass is 734 g/mol. The standard InChI is InChI=1S/C51H34N4O2/c1-3-13-31(14-4-1)49-52-50(32-15-5-2-6-16-32)54-51(53-49)33-25-28-45-42(29-33)41-22-12-21-40(48(41)56-45)39-20-11-19-38-37-27-26-34(30-46(37)57-47(38)39)55-43-23-9-7-17-35(43)36-18-8-10-24-44(36)55/h1-7,9-17,19-30,49H,8,18H2,(H,52,53,54). The second-order valence-corrected chi connectivity index (χ2v) is 14.9. The molecule has 0 amide bonds. The number of allylic oxidation sites excluding steroid dienone is 1. The molecule has 1 aliphatic heterocycles. The second kappa shape index (κ2) is 12.5. The van der Waals surface area contributed by atoms with Crippen LogP contribution in [0.15, 0.2) is 183 Å². The first-order valence-electron chi connectivity index (χ1n) is 19.5. The van der Waals surface area contributed by atoms with Crippen molar-refractivity contribution in [3.8, 4) is 16.8 Å². The van der Waals surface area contributed by atoms with E-state index in [9.17, 15) is 0 Å². The van der Waals surface area contributed by atoms with E-state index in [0.717, 1.165) is 96.1 Å². The highest BCUT2D eigenvalue weighted by atomic mass is 16.3. The minimum absolute atomic E-state index is 0.275. The van der Waals surface area contributed by atoms with E-state index in [1.807, 2.05) is 42.5 Å². The number of fused-ring (bicyclic) bond motifs is 9. The van der Waals surface area contributed by atoms with Gasteiger partial charge in [-0.1, -0.05) is 121 Å². The Morgan fingerprint density at radius 2 is 1.30 bits per heavy atom. The molecule has 4 heterocycles. The van der Waals surface area contributed by atoms with Crippen LogP contribution in [0.1, 0.15) is 40.5 Å². The Hall–Kier alpha value is -7.44. The number of nitrogens with one attached hydrogen (secondary N) is 1. The van der Waals surface area contributed by atoms with Gasteiger partial charge in [-0.25, -0.2) is 9.98 Å². The van der Waals surface area contributed by atoms with Crippen molar-refractivity contribution < 1.29 is 8.83 Å². The summed E-state index contributed by atoms with van der Waals surface area (Å²) in [6.07, 6.45) is 6.39. The highest BCUT2D eigenvalue weighted by molar-refractivity contribution is 6.18. The van der Waals surface area contributed by atoms with Crippen LogP contribution in [0.3, 0.4) is 0 Å². The Balaban J connectivity index is 0.969. The van der Waals surface area contributed by atoms with Crippen molar-refractivity contribution in [2.45, 2.75) is 19.0 Å². The fourth-order valence-corrected chi connectivity index (χ4v) is 8.88. The molecule has 3 aromatic heterocycles. The molecule has 1 unspecified atom stereocenters. The number of aromatic nitrogens is 1. The van der Waals surface area contributed by atoms with Gasteiger partial charge in [0.05, 0.1) is 5.52 Å². The van der Waals surface area contributed by atoms with Crippen LogP contribution in [-0.2, 0) is 6.42 Å². The molecule has 12 rings (SSSR count). The topological polar surface area (TPSA) is 68.0 Å². The van der Waals surface area contributed by atoms with E-state index in [1.54, 1.807) is 0 Å². The van der Waals surface area contributed by atoms with E-state index in [0.29, 0.717) is 5.84 Å². The Kier molecular flexibility index (Phi) is 7.01. The molecule has 7 aromatic carbocycles. The fraction of sp³-hybridized carbons (Fsp3) is 0.0588. The number of aryl methyl sites for hydroxylation is 1. The van der Waals surface area contributed by atoms with Crippen molar-refractivity contribution in [3.63, 3.8) is 0 Å². The summed E-state index contributed by atoms with van der Waals surface area (Å²) in [5, 5.41) is 9.15. The molecule has 270 valence electrons. The average Bonchev–Trinajstić information content (AvgIpc) is 3.96. The summed E-state index contributed by atoms with van der Waals surface area (Å²) in [5.74, 6) is 1.46. The van der Waals surface area contributed by atoms with Gasteiger partial charge >= 0.3 is 0 Å². The first kappa shape index (κ1) is 31.9. The first-order chi connectivity index (χ1) is 28.2. The van der Waals surface area contributed by atoms with E-state index in [2.05, 4.69) is 137 Å². The fourth-order valence-electron chi connectivity index (χ4n) is 8.88. The lowest BCUT2D eigenvalue weighted by Crippen LogP contribution is -2.33. The Bertz CT molecular complexity index is 3330. The lowest BCUT2D eigenvalue weighted by Gasteiger charge is -2.23. The van der Waals surface area contributed by atoms with E-state index in [4.69, 9.17) is 18.8 Å². The third-order valence-electron chi connectivity index (χ3n) is 11.5. The molecule has 1 atom stereocenters. The molecule has 0 radical (unpaired) electrons. The van der Waals surface area contributed by atoms with E-state index < -0.39 is 0 Å². The smallest absolute Gasteiger partial charge is 0.159 e. The third kappa shape index (κ3) is 5.04. The average molecular weight is 735 g/mol. The maximum atomic E-state index is 6.84. The molecule has 10 aromatic rings. The highest BCUT2D eigenvalue weighted by Gasteiger charge is 2.24. The van der Waals surface area contributed by atoms with Gasteiger partial charge in [0, 0.05) is 66.6 Å². The van der Waals surface area contributed by atoms with Crippen LogP contribution in [0, 0.1) is 0 Å². The number of amidine groups is 2. The highest BCUT2D eigenvalue weighted by Crippen LogP contribution is 2.42. The van der Waals surface area contributed by atoms with Crippen molar-refractivity contribution in [2.24, 2.45) is 9.98 Å². The molecule has 0 bridgehead atoms. The van der Waals surface area contributed by atoms with Gasteiger partial charge in [0.15, 0.2) is 5.84 Å². The molecular weight excluding hydrogens is 701 g/mol. The molecule has 1 aliphatic carbocycles. The zero-order chi connectivity index (χ0) is 37.5. The third-order valence-corrected chi connectivity index (χ3v) is 11.5. The van der Waals surface area contributed by atoms with Gasteiger partial charge in [0.1, 0.15) is 34.3 Å². The molecule has 57 heavy (non-hydrogen) atoms. The van der Waals surface area contributed by atoms with Gasteiger partial charge in [-0.15, -0.1) is 0 Å². The van der Waals surface area contributed by atoms with E-state index in [-0.39, 0.29) is 6.17 Å². The quantitative estimate of drug-likeness (QED) is 0.191. The molecule has 0 saturated carbocycles. The summed E-state index contributed by atoms with van der Waals surface area (Å²) in [6.45, 7) is 0. The van der Waals surface area contributed by atoms with Gasteiger partial charge in [-0.2, -0.15) is 0 Å². The number of benzene rings is 7. The Morgan fingerprint density at radius 1 is 0.579 bits per heavy atom. The van der Waals surface area contributed by atoms with Gasteiger partial charge < -0.3 is 18.7 Å². The van der Waals surface area contributed by atoms with Crippen LogP contribution in [0.4, 0.5) is 0 Å². The number of nitrogens with zero attached hydrogens (tertiary/aromatic N) is 3. The van der Waals surface area contributed by atoms with Crippen molar-refractivity contribution in [1.82, 2.24) is 9.88 Å². The van der Waals surface area contributed by atoms with Crippen molar-refractivity contribution >= 4 is 72.5 Å². The summed E-state index contributed by atoms with van der Waals surface area (Å²) in [4.78, 5) is 10.1. The van der Waals surface area contributed by atoms with Crippen LogP contribution in [0.25, 0.3) is 77.7 Å². The Morgan fingerprint density at radius 3 is 2.12 bits per heavy atom. The predicted octanol–water partition coefficient (Wildman–Crippen LogP) is 12.6. The number of furan rings is 2. The summed E-state index contributed by atoms with van der Waals surface area (Å²) in [6, 6.07) is 54.9. The molecule has 6 heteroatoms. The van der Waals surface area contributed by atoms with E-state index in [1.165, 1.54) is 22.2 Å².